The predicted octanol–water partition coefficient (Wildman–Crippen LogP) is 3.43. The Balaban J connectivity index is 1.46. The van der Waals surface area contributed by atoms with E-state index in [4.69, 9.17) is 4.74 Å². The summed E-state index contributed by atoms with van der Waals surface area (Å²) in [5, 5.41) is 10.6. The van der Waals surface area contributed by atoms with Crippen LogP contribution in [0.5, 0.6) is 5.75 Å². The molecule has 6 nitrogen and oxygen atoms in total. The number of ether oxygens (including phenoxy) is 1. The van der Waals surface area contributed by atoms with Crippen molar-refractivity contribution in [1.82, 2.24) is 9.88 Å². The van der Waals surface area contributed by atoms with Crippen LogP contribution in [-0.2, 0) is 4.79 Å². The Hall–Kier alpha value is -3.72. The van der Waals surface area contributed by atoms with Crippen molar-refractivity contribution in [2.75, 3.05) is 38.2 Å². The lowest BCUT2D eigenvalue weighted by molar-refractivity contribution is -0.126. The molecule has 1 aliphatic heterocycles. The molecule has 0 spiro atoms. The molecule has 0 radical (unpaired) electrons. The molecule has 0 bridgehead atoms. The largest absolute Gasteiger partial charge is 0.497 e. The molecule has 4 rings (SSSR count). The fourth-order valence-electron chi connectivity index (χ4n) is 3.64. The Bertz CT molecular complexity index is 1080. The third kappa shape index (κ3) is 3.81. The van der Waals surface area contributed by atoms with E-state index >= 15 is 0 Å². The van der Waals surface area contributed by atoms with Crippen molar-refractivity contribution in [3.8, 4) is 11.8 Å². The Morgan fingerprint density at radius 1 is 1.10 bits per heavy atom. The fraction of sp³-hybridized carbons (Fsp3) is 0.217. The number of piperazine rings is 1. The van der Waals surface area contributed by atoms with E-state index in [1.54, 1.807) is 18.1 Å². The van der Waals surface area contributed by atoms with E-state index in [-0.39, 0.29) is 11.5 Å². The van der Waals surface area contributed by atoms with Crippen LogP contribution in [0.25, 0.3) is 17.0 Å². The standard InChI is InChI=1S/C23H22N4O2/c1-29-20-8-6-19(7-9-20)26-10-12-27(13-11-26)23(28)17(15-24)14-18-16-25-22-5-3-2-4-21(18)22/h2-9,14,16,25H,10-13H2,1H3/b17-14+. The maximum atomic E-state index is 12.9. The number of aromatic nitrogens is 1. The molecule has 1 aromatic heterocycles. The summed E-state index contributed by atoms with van der Waals surface area (Å²) in [5.41, 5.74) is 3.10. The van der Waals surface area contributed by atoms with Gasteiger partial charge in [0.25, 0.3) is 5.91 Å². The highest BCUT2D eigenvalue weighted by Crippen LogP contribution is 2.23. The number of hydrogen-bond acceptors (Lipinski definition) is 4. The average molecular weight is 386 g/mol. The third-order valence-corrected chi connectivity index (χ3v) is 5.28. The zero-order valence-electron chi connectivity index (χ0n) is 16.3. The van der Waals surface area contributed by atoms with Gasteiger partial charge in [-0.05, 0) is 36.4 Å². The number of fused-ring (bicyclic) bond motifs is 1. The molecule has 0 saturated carbocycles. The predicted molar refractivity (Wildman–Crippen MR) is 114 cm³/mol. The van der Waals surface area contributed by atoms with Crippen LogP contribution in [0.4, 0.5) is 5.69 Å². The summed E-state index contributed by atoms with van der Waals surface area (Å²) >= 11 is 0. The van der Waals surface area contributed by atoms with E-state index in [1.807, 2.05) is 54.7 Å². The van der Waals surface area contributed by atoms with Crippen molar-refractivity contribution in [1.29, 1.82) is 5.26 Å². The highest BCUT2D eigenvalue weighted by Gasteiger charge is 2.24. The summed E-state index contributed by atoms with van der Waals surface area (Å²) in [4.78, 5) is 20.1. The molecule has 0 aliphatic carbocycles. The summed E-state index contributed by atoms with van der Waals surface area (Å²) in [5.74, 6) is 0.607. The molecule has 2 aromatic carbocycles. The fourth-order valence-corrected chi connectivity index (χ4v) is 3.64. The minimum absolute atomic E-state index is 0.160. The van der Waals surface area contributed by atoms with Gasteiger partial charge in [0.05, 0.1) is 7.11 Å². The van der Waals surface area contributed by atoms with Crippen molar-refractivity contribution in [3.05, 3.63) is 65.9 Å². The first-order chi connectivity index (χ1) is 14.2. The van der Waals surface area contributed by atoms with Gasteiger partial charge in [-0.15, -0.1) is 0 Å². The average Bonchev–Trinajstić information content (AvgIpc) is 3.20. The van der Waals surface area contributed by atoms with Crippen molar-refractivity contribution in [2.45, 2.75) is 0 Å². The smallest absolute Gasteiger partial charge is 0.264 e. The number of hydrogen-bond donors (Lipinski definition) is 1. The lowest BCUT2D eigenvalue weighted by Crippen LogP contribution is -2.49. The molecule has 29 heavy (non-hydrogen) atoms. The summed E-state index contributed by atoms with van der Waals surface area (Å²) < 4.78 is 5.20. The molecule has 1 fully saturated rings. The number of benzene rings is 2. The number of anilines is 1. The molecule has 0 unspecified atom stereocenters. The third-order valence-electron chi connectivity index (χ3n) is 5.28. The van der Waals surface area contributed by atoms with Gasteiger partial charge >= 0.3 is 0 Å². The van der Waals surface area contributed by atoms with Crippen LogP contribution >= 0.6 is 0 Å². The first-order valence-corrected chi connectivity index (χ1v) is 9.56. The van der Waals surface area contributed by atoms with Gasteiger partial charge in [-0.25, -0.2) is 0 Å². The number of H-pyrrole nitrogens is 1. The highest BCUT2D eigenvalue weighted by molar-refractivity contribution is 6.04. The van der Waals surface area contributed by atoms with Gasteiger partial charge in [0, 0.05) is 54.5 Å². The molecule has 0 atom stereocenters. The number of nitriles is 1. The van der Waals surface area contributed by atoms with E-state index in [0.717, 1.165) is 41.0 Å². The molecular weight excluding hydrogens is 364 g/mol. The van der Waals surface area contributed by atoms with Crippen molar-refractivity contribution in [3.63, 3.8) is 0 Å². The second-order valence-corrected chi connectivity index (χ2v) is 6.94. The second kappa shape index (κ2) is 8.11. The van der Waals surface area contributed by atoms with Gasteiger partial charge in [-0.1, -0.05) is 18.2 Å². The molecule has 1 N–H and O–H groups in total. The second-order valence-electron chi connectivity index (χ2n) is 6.94. The first-order valence-electron chi connectivity index (χ1n) is 9.56. The lowest BCUT2D eigenvalue weighted by Gasteiger charge is -2.36. The number of aromatic amines is 1. The minimum atomic E-state index is -0.216. The molecule has 2 heterocycles. The molecule has 1 amide bonds. The van der Waals surface area contributed by atoms with E-state index in [0.29, 0.717) is 13.1 Å². The van der Waals surface area contributed by atoms with Crippen LogP contribution in [0.2, 0.25) is 0 Å². The number of nitrogens with one attached hydrogen (secondary N) is 1. The van der Waals surface area contributed by atoms with Crippen LogP contribution in [-0.4, -0.2) is 49.1 Å². The van der Waals surface area contributed by atoms with Gasteiger partial charge in [0.2, 0.25) is 0 Å². The number of methoxy groups -OCH3 is 1. The molecule has 1 aliphatic rings. The minimum Gasteiger partial charge on any atom is -0.497 e. The van der Waals surface area contributed by atoms with Crippen LogP contribution in [0.15, 0.2) is 60.3 Å². The highest BCUT2D eigenvalue weighted by atomic mass is 16.5. The Kier molecular flexibility index (Phi) is 5.21. The lowest BCUT2D eigenvalue weighted by atomic mass is 10.1. The van der Waals surface area contributed by atoms with E-state index in [2.05, 4.69) is 16.0 Å². The van der Waals surface area contributed by atoms with E-state index in [1.165, 1.54) is 0 Å². The van der Waals surface area contributed by atoms with E-state index < -0.39 is 0 Å². The number of carbonyl (C=O) groups is 1. The summed E-state index contributed by atoms with van der Waals surface area (Å²) in [6, 6.07) is 17.8. The van der Waals surface area contributed by atoms with Gasteiger partial charge < -0.3 is 19.5 Å². The van der Waals surface area contributed by atoms with Gasteiger partial charge in [0.1, 0.15) is 17.4 Å². The zero-order chi connectivity index (χ0) is 20.2. The Morgan fingerprint density at radius 2 is 1.83 bits per heavy atom. The topological polar surface area (TPSA) is 72.4 Å². The maximum absolute atomic E-state index is 12.9. The van der Waals surface area contributed by atoms with Crippen LogP contribution in [0, 0.1) is 11.3 Å². The van der Waals surface area contributed by atoms with Crippen LogP contribution in [0.1, 0.15) is 5.56 Å². The van der Waals surface area contributed by atoms with Gasteiger partial charge in [-0.3, -0.25) is 4.79 Å². The quantitative estimate of drug-likeness (QED) is 0.551. The monoisotopic (exact) mass is 386 g/mol. The maximum Gasteiger partial charge on any atom is 0.264 e. The van der Waals surface area contributed by atoms with Gasteiger partial charge in [0.15, 0.2) is 0 Å². The van der Waals surface area contributed by atoms with E-state index in [9.17, 15) is 10.1 Å². The SMILES string of the molecule is COc1ccc(N2CCN(C(=O)/C(C#N)=C/c3c[nH]c4ccccc34)CC2)cc1. The molecule has 3 aromatic rings. The van der Waals surface area contributed by atoms with Crippen molar-refractivity contribution < 1.29 is 9.53 Å². The zero-order valence-corrected chi connectivity index (χ0v) is 16.3. The summed E-state index contributed by atoms with van der Waals surface area (Å²) in [7, 11) is 1.65. The Morgan fingerprint density at radius 3 is 2.52 bits per heavy atom. The number of nitrogens with zero attached hydrogens (tertiary/aromatic N) is 3. The normalized spacial score (nSPS) is 14.7. The number of carbonyl (C=O) groups excluding carboxylic acids is 1. The number of amides is 1. The van der Waals surface area contributed by atoms with Crippen molar-refractivity contribution >= 4 is 28.6 Å². The first kappa shape index (κ1) is 18.6. The number of rotatable bonds is 4. The molecule has 146 valence electrons. The van der Waals surface area contributed by atoms with Gasteiger partial charge in [-0.2, -0.15) is 5.26 Å². The molecular formula is C23H22N4O2. The molecule has 6 heteroatoms. The van der Waals surface area contributed by atoms with Crippen LogP contribution < -0.4 is 9.64 Å². The molecule has 1 saturated heterocycles. The van der Waals surface area contributed by atoms with Crippen LogP contribution in [0.3, 0.4) is 0 Å². The number of para-hydroxylation sites is 1. The van der Waals surface area contributed by atoms with Crippen molar-refractivity contribution in [2.24, 2.45) is 0 Å². The Labute approximate surface area is 169 Å². The summed E-state index contributed by atoms with van der Waals surface area (Å²) in [6.45, 7) is 2.61. The summed E-state index contributed by atoms with van der Waals surface area (Å²) in [6.07, 6.45) is 3.51.